The van der Waals surface area contributed by atoms with E-state index in [9.17, 15) is 19.7 Å². The Bertz CT molecular complexity index is 613. The summed E-state index contributed by atoms with van der Waals surface area (Å²) in [5.74, 6) is -1.76. The molecule has 1 unspecified atom stereocenters. The monoisotopic (exact) mass is 312 g/mol. The molecule has 0 radical (unpaired) electrons. The predicted octanol–water partition coefficient (Wildman–Crippen LogP) is 2.04. The van der Waals surface area contributed by atoms with Crippen LogP contribution in [0.4, 0.5) is 5.69 Å². The van der Waals surface area contributed by atoms with Crippen molar-refractivity contribution in [3.05, 3.63) is 38.9 Å². The maximum absolute atomic E-state index is 12.1. The highest BCUT2D eigenvalue weighted by atomic mass is 35.5. The average molecular weight is 313 g/mol. The normalized spacial score (nSPS) is 16.2. The third kappa shape index (κ3) is 2.97. The summed E-state index contributed by atoms with van der Waals surface area (Å²) < 4.78 is 0. The van der Waals surface area contributed by atoms with Crippen molar-refractivity contribution in [3.8, 4) is 0 Å². The lowest BCUT2D eigenvalue weighted by atomic mass is 9.86. The number of carbonyl (C=O) groups is 2. The molecule has 1 aliphatic rings. The zero-order chi connectivity index (χ0) is 15.7. The van der Waals surface area contributed by atoms with Crippen molar-refractivity contribution in [1.29, 1.82) is 0 Å². The van der Waals surface area contributed by atoms with Crippen LogP contribution in [0, 0.1) is 22.0 Å². The molecule has 1 fully saturated rings. The standard InChI is InChI=1S/C13H13ClN2O5/c1-7(13(18)19)9-5-15(6-9)12(17)8-2-3-11(16(20)21)10(14)4-8/h2-4,7,9H,5-6H2,1H3,(H,18,19). The third-order valence-corrected chi connectivity index (χ3v) is 3.99. The van der Waals surface area contributed by atoms with Gasteiger partial charge in [-0.15, -0.1) is 0 Å². The average Bonchev–Trinajstić information content (AvgIpc) is 2.35. The summed E-state index contributed by atoms with van der Waals surface area (Å²) in [7, 11) is 0. The summed E-state index contributed by atoms with van der Waals surface area (Å²) in [5.41, 5.74) is 0.00114. The summed E-state index contributed by atoms with van der Waals surface area (Å²) in [6.45, 7) is 2.33. The fourth-order valence-electron chi connectivity index (χ4n) is 2.17. The zero-order valence-electron chi connectivity index (χ0n) is 11.2. The second-order valence-electron chi connectivity index (χ2n) is 5.02. The number of carboxylic acid groups (broad SMARTS) is 1. The highest BCUT2D eigenvalue weighted by Crippen LogP contribution is 2.29. The Labute approximate surface area is 125 Å². The van der Waals surface area contributed by atoms with Gasteiger partial charge in [0, 0.05) is 30.6 Å². The van der Waals surface area contributed by atoms with Crippen LogP contribution in [-0.4, -0.2) is 39.9 Å². The predicted molar refractivity (Wildman–Crippen MR) is 74.3 cm³/mol. The Balaban J connectivity index is 2.04. The first kappa shape index (κ1) is 15.2. The molecule has 1 atom stereocenters. The number of halogens is 1. The molecule has 1 aromatic carbocycles. The number of nitro groups is 1. The lowest BCUT2D eigenvalue weighted by molar-refractivity contribution is -0.384. The first-order valence-electron chi connectivity index (χ1n) is 6.27. The molecule has 0 bridgehead atoms. The van der Waals surface area contributed by atoms with Crippen LogP contribution in [0.5, 0.6) is 0 Å². The molecular weight excluding hydrogens is 300 g/mol. The van der Waals surface area contributed by atoms with Crippen molar-refractivity contribution < 1.29 is 19.6 Å². The molecule has 2 rings (SSSR count). The molecule has 0 saturated carbocycles. The molecule has 21 heavy (non-hydrogen) atoms. The van der Waals surface area contributed by atoms with Gasteiger partial charge in [0.2, 0.25) is 0 Å². The zero-order valence-corrected chi connectivity index (χ0v) is 11.9. The van der Waals surface area contributed by atoms with Crippen LogP contribution >= 0.6 is 11.6 Å². The molecular formula is C13H13ClN2O5. The minimum absolute atomic E-state index is 0.0695. The van der Waals surface area contributed by atoms with Crippen molar-refractivity contribution in [2.75, 3.05) is 13.1 Å². The molecule has 0 spiro atoms. The molecule has 1 N–H and O–H groups in total. The molecule has 1 aliphatic heterocycles. The molecule has 0 aliphatic carbocycles. The summed E-state index contributed by atoms with van der Waals surface area (Å²) in [5, 5.41) is 19.5. The number of nitrogens with zero attached hydrogens (tertiary/aromatic N) is 2. The number of likely N-dealkylation sites (tertiary alicyclic amines) is 1. The molecule has 1 saturated heterocycles. The van der Waals surface area contributed by atoms with Gasteiger partial charge in [-0.05, 0) is 12.1 Å². The topological polar surface area (TPSA) is 101 Å². The summed E-state index contributed by atoms with van der Waals surface area (Å²) in [6, 6.07) is 3.79. The van der Waals surface area contributed by atoms with Crippen molar-refractivity contribution in [3.63, 3.8) is 0 Å². The lowest BCUT2D eigenvalue weighted by Gasteiger charge is -2.41. The van der Waals surface area contributed by atoms with E-state index in [4.69, 9.17) is 16.7 Å². The van der Waals surface area contributed by atoms with E-state index >= 15 is 0 Å². The van der Waals surface area contributed by atoms with Crippen LogP contribution in [0.1, 0.15) is 17.3 Å². The summed E-state index contributed by atoms with van der Waals surface area (Å²) in [6.07, 6.45) is 0. The lowest BCUT2D eigenvalue weighted by Crippen LogP contribution is -2.53. The van der Waals surface area contributed by atoms with Gasteiger partial charge in [0.1, 0.15) is 5.02 Å². The Morgan fingerprint density at radius 1 is 1.48 bits per heavy atom. The van der Waals surface area contributed by atoms with Crippen LogP contribution < -0.4 is 0 Å². The second-order valence-corrected chi connectivity index (χ2v) is 5.43. The number of aliphatic carboxylic acids is 1. The van der Waals surface area contributed by atoms with Crippen LogP contribution in [0.15, 0.2) is 18.2 Å². The number of hydrogen-bond donors (Lipinski definition) is 1. The molecule has 1 amide bonds. The summed E-state index contributed by atoms with van der Waals surface area (Å²) in [4.78, 5) is 34.5. The van der Waals surface area contributed by atoms with Gasteiger partial charge in [-0.3, -0.25) is 19.7 Å². The van der Waals surface area contributed by atoms with Crippen molar-refractivity contribution in [1.82, 2.24) is 4.90 Å². The largest absolute Gasteiger partial charge is 0.481 e. The van der Waals surface area contributed by atoms with Gasteiger partial charge in [0.15, 0.2) is 0 Å². The van der Waals surface area contributed by atoms with E-state index in [1.807, 2.05) is 0 Å². The van der Waals surface area contributed by atoms with E-state index in [1.54, 1.807) is 6.92 Å². The SMILES string of the molecule is CC(C(=O)O)C1CN(C(=O)c2ccc([N+](=O)[O-])c(Cl)c2)C1. The van der Waals surface area contributed by atoms with E-state index in [-0.39, 0.29) is 28.1 Å². The molecule has 112 valence electrons. The minimum Gasteiger partial charge on any atom is -0.481 e. The van der Waals surface area contributed by atoms with Gasteiger partial charge in [0.05, 0.1) is 10.8 Å². The highest BCUT2D eigenvalue weighted by molar-refractivity contribution is 6.33. The van der Waals surface area contributed by atoms with E-state index in [1.165, 1.54) is 23.1 Å². The fourth-order valence-corrected chi connectivity index (χ4v) is 2.42. The van der Waals surface area contributed by atoms with Crippen LogP contribution in [0.25, 0.3) is 0 Å². The number of nitro benzene ring substituents is 1. The van der Waals surface area contributed by atoms with Crippen molar-refractivity contribution in [2.24, 2.45) is 11.8 Å². The number of rotatable bonds is 4. The third-order valence-electron chi connectivity index (χ3n) is 3.68. The first-order valence-corrected chi connectivity index (χ1v) is 6.65. The Morgan fingerprint density at radius 3 is 2.57 bits per heavy atom. The molecule has 1 aromatic rings. The molecule has 0 aromatic heterocycles. The number of carboxylic acids is 1. The van der Waals surface area contributed by atoms with Gasteiger partial charge in [-0.1, -0.05) is 18.5 Å². The molecule has 1 heterocycles. The van der Waals surface area contributed by atoms with Gasteiger partial charge < -0.3 is 10.0 Å². The molecule has 7 nitrogen and oxygen atoms in total. The fraction of sp³-hybridized carbons (Fsp3) is 0.385. The molecule has 8 heteroatoms. The van der Waals surface area contributed by atoms with Gasteiger partial charge >= 0.3 is 5.97 Å². The number of amides is 1. The quantitative estimate of drug-likeness (QED) is 0.677. The Morgan fingerprint density at radius 2 is 2.10 bits per heavy atom. The Kier molecular flexibility index (Phi) is 4.13. The number of carbonyl (C=O) groups excluding carboxylic acids is 1. The van der Waals surface area contributed by atoms with E-state index in [2.05, 4.69) is 0 Å². The number of benzene rings is 1. The van der Waals surface area contributed by atoms with E-state index in [0.717, 1.165) is 0 Å². The van der Waals surface area contributed by atoms with Gasteiger partial charge in [-0.25, -0.2) is 0 Å². The van der Waals surface area contributed by atoms with E-state index < -0.39 is 16.8 Å². The Hall–Kier alpha value is -2.15. The van der Waals surface area contributed by atoms with E-state index in [0.29, 0.717) is 13.1 Å². The second kappa shape index (κ2) is 5.69. The van der Waals surface area contributed by atoms with Crippen LogP contribution in [-0.2, 0) is 4.79 Å². The van der Waals surface area contributed by atoms with Crippen molar-refractivity contribution in [2.45, 2.75) is 6.92 Å². The smallest absolute Gasteiger partial charge is 0.306 e. The maximum Gasteiger partial charge on any atom is 0.306 e. The first-order chi connectivity index (χ1) is 9.81. The number of hydrogen-bond acceptors (Lipinski definition) is 4. The minimum atomic E-state index is -0.884. The van der Waals surface area contributed by atoms with Crippen LogP contribution in [0.2, 0.25) is 5.02 Å². The summed E-state index contributed by atoms with van der Waals surface area (Å²) >= 11 is 5.76. The maximum atomic E-state index is 12.1. The van der Waals surface area contributed by atoms with Crippen molar-refractivity contribution >= 4 is 29.2 Å². The highest BCUT2D eigenvalue weighted by Gasteiger charge is 2.37. The van der Waals surface area contributed by atoms with Gasteiger partial charge in [-0.2, -0.15) is 0 Å². The van der Waals surface area contributed by atoms with Crippen LogP contribution in [0.3, 0.4) is 0 Å². The van der Waals surface area contributed by atoms with Gasteiger partial charge in [0.25, 0.3) is 11.6 Å².